The molecule has 0 aliphatic heterocycles. The first kappa shape index (κ1) is 18.9. The lowest BCUT2D eigenvalue weighted by Crippen LogP contribution is -1.95. The number of nitrogens with zero attached hydrogens (tertiary/aromatic N) is 1. The van der Waals surface area contributed by atoms with Crippen molar-refractivity contribution >= 4 is 38.1 Å². The first-order chi connectivity index (χ1) is 12.7. The summed E-state index contributed by atoms with van der Waals surface area (Å²) in [6, 6.07) is 14.7. The van der Waals surface area contributed by atoms with Crippen LogP contribution in [0.3, 0.4) is 0 Å². The summed E-state index contributed by atoms with van der Waals surface area (Å²) in [6.45, 7) is 5.02. The van der Waals surface area contributed by atoms with Crippen LogP contribution in [-0.2, 0) is 6.42 Å². The average molecular weight is 431 g/mol. The van der Waals surface area contributed by atoms with Crippen LogP contribution in [-0.4, -0.2) is 11.6 Å². The van der Waals surface area contributed by atoms with Crippen LogP contribution in [0.5, 0.6) is 5.75 Å². The zero-order chi connectivity index (χ0) is 18.4. The molecule has 0 atom stereocenters. The van der Waals surface area contributed by atoms with Crippen molar-refractivity contribution in [2.45, 2.75) is 33.1 Å². The van der Waals surface area contributed by atoms with E-state index in [1.54, 1.807) is 11.3 Å². The van der Waals surface area contributed by atoms with Crippen LogP contribution in [0.1, 0.15) is 32.3 Å². The highest BCUT2D eigenvalue weighted by molar-refractivity contribution is 9.10. The van der Waals surface area contributed by atoms with Crippen LogP contribution in [0.15, 0.2) is 52.3 Å². The molecule has 0 radical (unpaired) electrons. The number of rotatable bonds is 8. The van der Waals surface area contributed by atoms with E-state index in [4.69, 9.17) is 9.72 Å². The van der Waals surface area contributed by atoms with Gasteiger partial charge in [0.1, 0.15) is 5.75 Å². The van der Waals surface area contributed by atoms with Gasteiger partial charge in [0.15, 0.2) is 5.13 Å². The van der Waals surface area contributed by atoms with Crippen molar-refractivity contribution in [1.29, 1.82) is 0 Å². The Morgan fingerprint density at radius 3 is 2.58 bits per heavy atom. The number of hydrogen-bond donors (Lipinski definition) is 1. The third kappa shape index (κ3) is 4.86. The minimum Gasteiger partial charge on any atom is -0.492 e. The lowest BCUT2D eigenvalue weighted by Gasteiger charge is -2.08. The topological polar surface area (TPSA) is 34.1 Å². The molecule has 0 fully saturated rings. The Kier molecular flexibility index (Phi) is 6.69. The van der Waals surface area contributed by atoms with Gasteiger partial charge in [-0.25, -0.2) is 4.98 Å². The van der Waals surface area contributed by atoms with Crippen LogP contribution < -0.4 is 10.1 Å². The molecule has 0 unspecified atom stereocenters. The van der Waals surface area contributed by atoms with Crippen LogP contribution in [0, 0.1) is 0 Å². The maximum Gasteiger partial charge on any atom is 0.187 e. The summed E-state index contributed by atoms with van der Waals surface area (Å²) in [5.41, 5.74) is 4.47. The number of hydrogen-bond acceptors (Lipinski definition) is 4. The highest BCUT2D eigenvalue weighted by Crippen LogP contribution is 2.33. The molecule has 0 bridgehead atoms. The van der Waals surface area contributed by atoms with E-state index in [-0.39, 0.29) is 0 Å². The van der Waals surface area contributed by atoms with Crippen LogP contribution in [0.4, 0.5) is 10.8 Å². The minimum atomic E-state index is 0.722. The zero-order valence-corrected chi connectivity index (χ0v) is 17.5. The van der Waals surface area contributed by atoms with Crippen molar-refractivity contribution in [2.24, 2.45) is 0 Å². The summed E-state index contributed by atoms with van der Waals surface area (Å²) in [6.07, 6.45) is 3.28. The summed E-state index contributed by atoms with van der Waals surface area (Å²) in [7, 11) is 0. The number of aromatic nitrogens is 1. The Hall–Kier alpha value is -1.85. The number of thiazole rings is 1. The molecule has 0 aliphatic rings. The maximum absolute atomic E-state index is 5.71. The standard InChI is InChI=1S/C21H23BrN2OS/c1-3-5-15-6-9-17(10-7-15)23-21-24-19(14-26-21)16-8-11-20(18(22)13-16)25-12-4-2/h6-11,13-14H,3-5,12H2,1-2H3,(H,23,24). The monoisotopic (exact) mass is 430 g/mol. The number of nitrogens with one attached hydrogen (secondary N) is 1. The van der Waals surface area contributed by atoms with Crippen molar-refractivity contribution in [3.63, 3.8) is 0 Å². The van der Waals surface area contributed by atoms with Gasteiger partial charge in [0.25, 0.3) is 0 Å². The summed E-state index contributed by atoms with van der Waals surface area (Å²) in [5, 5.41) is 6.35. The Labute approximate surface area is 167 Å². The van der Waals surface area contributed by atoms with Gasteiger partial charge >= 0.3 is 0 Å². The second-order valence-corrected chi connectivity index (χ2v) is 7.82. The van der Waals surface area contributed by atoms with Gasteiger partial charge in [0.05, 0.1) is 16.8 Å². The van der Waals surface area contributed by atoms with Gasteiger partial charge in [-0.3, -0.25) is 0 Å². The molecule has 5 heteroatoms. The first-order valence-corrected chi connectivity index (χ1v) is 10.6. The lowest BCUT2D eigenvalue weighted by atomic mass is 10.1. The normalized spacial score (nSPS) is 10.7. The minimum absolute atomic E-state index is 0.722. The molecule has 0 aliphatic carbocycles. The molecule has 2 aromatic carbocycles. The highest BCUT2D eigenvalue weighted by Gasteiger charge is 2.08. The van der Waals surface area contributed by atoms with Crippen LogP contribution >= 0.6 is 27.3 Å². The Morgan fingerprint density at radius 2 is 1.88 bits per heavy atom. The number of aryl methyl sites for hydroxylation is 1. The van der Waals surface area contributed by atoms with Crippen molar-refractivity contribution in [1.82, 2.24) is 4.98 Å². The summed E-state index contributed by atoms with van der Waals surface area (Å²) in [5.74, 6) is 0.872. The van der Waals surface area contributed by atoms with E-state index in [0.717, 1.165) is 51.7 Å². The molecule has 0 saturated carbocycles. The van der Waals surface area contributed by atoms with Crippen LogP contribution in [0.25, 0.3) is 11.3 Å². The van der Waals surface area contributed by atoms with E-state index >= 15 is 0 Å². The molecular weight excluding hydrogens is 408 g/mol. The van der Waals surface area contributed by atoms with Gasteiger partial charge in [0.2, 0.25) is 0 Å². The van der Waals surface area contributed by atoms with E-state index < -0.39 is 0 Å². The Morgan fingerprint density at radius 1 is 1.08 bits per heavy atom. The first-order valence-electron chi connectivity index (χ1n) is 8.93. The predicted molar refractivity (Wildman–Crippen MR) is 115 cm³/mol. The summed E-state index contributed by atoms with van der Waals surface area (Å²) in [4.78, 5) is 4.71. The van der Waals surface area contributed by atoms with E-state index in [2.05, 4.69) is 70.8 Å². The van der Waals surface area contributed by atoms with Crippen molar-refractivity contribution in [3.05, 3.63) is 57.9 Å². The molecule has 3 rings (SSSR count). The zero-order valence-electron chi connectivity index (χ0n) is 15.1. The van der Waals surface area contributed by atoms with Gasteiger partial charge in [-0.05, 0) is 64.7 Å². The number of anilines is 2. The molecule has 3 aromatic rings. The molecule has 136 valence electrons. The summed E-state index contributed by atoms with van der Waals surface area (Å²) < 4.78 is 6.67. The number of ether oxygens (including phenoxy) is 1. The maximum atomic E-state index is 5.71. The third-order valence-electron chi connectivity index (χ3n) is 3.94. The third-order valence-corrected chi connectivity index (χ3v) is 5.31. The van der Waals surface area contributed by atoms with E-state index in [1.165, 1.54) is 12.0 Å². The molecule has 1 N–H and O–H groups in total. The highest BCUT2D eigenvalue weighted by atomic mass is 79.9. The van der Waals surface area contributed by atoms with Gasteiger partial charge in [0, 0.05) is 16.6 Å². The largest absolute Gasteiger partial charge is 0.492 e. The van der Waals surface area contributed by atoms with Gasteiger partial charge in [-0.1, -0.05) is 32.4 Å². The van der Waals surface area contributed by atoms with Crippen molar-refractivity contribution < 1.29 is 4.74 Å². The van der Waals surface area contributed by atoms with Gasteiger partial charge < -0.3 is 10.1 Å². The fraction of sp³-hybridized carbons (Fsp3) is 0.286. The molecule has 26 heavy (non-hydrogen) atoms. The van der Waals surface area contributed by atoms with E-state index in [0.29, 0.717) is 0 Å². The van der Waals surface area contributed by atoms with Gasteiger partial charge in [-0.2, -0.15) is 0 Å². The van der Waals surface area contributed by atoms with Gasteiger partial charge in [-0.15, -0.1) is 11.3 Å². The fourth-order valence-corrected chi connectivity index (χ4v) is 3.85. The fourth-order valence-electron chi connectivity index (χ4n) is 2.62. The van der Waals surface area contributed by atoms with Crippen molar-refractivity contribution in [2.75, 3.05) is 11.9 Å². The molecule has 1 aromatic heterocycles. The molecule has 0 spiro atoms. The number of benzene rings is 2. The van der Waals surface area contributed by atoms with Crippen molar-refractivity contribution in [3.8, 4) is 17.0 Å². The van der Waals surface area contributed by atoms with Crippen LogP contribution in [0.2, 0.25) is 0 Å². The molecule has 0 saturated heterocycles. The molecule has 0 amide bonds. The molecule has 1 heterocycles. The molecular formula is C21H23BrN2OS. The second kappa shape index (κ2) is 9.19. The Balaban J connectivity index is 1.70. The SMILES string of the molecule is CCCOc1ccc(-c2csc(Nc3ccc(CCC)cc3)n2)cc1Br. The lowest BCUT2D eigenvalue weighted by molar-refractivity contribution is 0.315. The van der Waals surface area contributed by atoms with E-state index in [1.807, 2.05) is 12.1 Å². The number of halogens is 1. The Bertz CT molecular complexity index is 845. The second-order valence-electron chi connectivity index (χ2n) is 6.10. The van der Waals surface area contributed by atoms with E-state index in [9.17, 15) is 0 Å². The average Bonchev–Trinajstić information content (AvgIpc) is 3.11. The quantitative estimate of drug-likeness (QED) is 0.415. The smallest absolute Gasteiger partial charge is 0.187 e. The predicted octanol–water partition coefficient (Wildman–Crippen LogP) is 7.06. The molecule has 3 nitrogen and oxygen atoms in total. The summed E-state index contributed by atoms with van der Waals surface area (Å²) >= 11 is 5.20.